The Kier molecular flexibility index (Phi) is 7.46. The number of nitrogens with one attached hydrogen (secondary N) is 1. The van der Waals surface area contributed by atoms with E-state index in [4.69, 9.17) is 5.11 Å². The minimum atomic E-state index is -1.37. The molecular formula is C14H25NO3. The van der Waals surface area contributed by atoms with Gasteiger partial charge in [0.2, 0.25) is 0 Å². The Morgan fingerprint density at radius 2 is 1.17 bits per heavy atom. The standard InChI is InChI=1S/C14H25NO3/c16-13(14(17)18)15-12-10-8-6-4-2-1-3-5-7-9-11-12/h12H,1-11H2,(H,15,16)(H,17,18). The third-order valence-corrected chi connectivity index (χ3v) is 3.63. The van der Waals surface area contributed by atoms with Gasteiger partial charge in [0, 0.05) is 6.04 Å². The molecule has 0 bridgehead atoms. The van der Waals surface area contributed by atoms with Crippen LogP contribution in [-0.2, 0) is 9.59 Å². The summed E-state index contributed by atoms with van der Waals surface area (Å²) >= 11 is 0. The fourth-order valence-corrected chi connectivity index (χ4v) is 2.55. The molecule has 0 aromatic rings. The van der Waals surface area contributed by atoms with Crippen molar-refractivity contribution in [1.82, 2.24) is 5.32 Å². The van der Waals surface area contributed by atoms with Gasteiger partial charge in [0.25, 0.3) is 0 Å². The molecule has 0 aromatic heterocycles. The lowest BCUT2D eigenvalue weighted by atomic mass is 9.98. The monoisotopic (exact) mass is 255 g/mol. The molecule has 1 saturated carbocycles. The summed E-state index contributed by atoms with van der Waals surface area (Å²) in [6.07, 6.45) is 12.9. The van der Waals surface area contributed by atoms with Crippen molar-refractivity contribution in [2.75, 3.05) is 0 Å². The molecule has 4 heteroatoms. The van der Waals surface area contributed by atoms with Crippen molar-refractivity contribution in [2.45, 2.75) is 76.7 Å². The lowest BCUT2D eigenvalue weighted by molar-refractivity contribution is -0.150. The molecule has 0 heterocycles. The lowest BCUT2D eigenvalue weighted by Crippen LogP contribution is -2.39. The summed E-state index contributed by atoms with van der Waals surface area (Å²) < 4.78 is 0. The van der Waals surface area contributed by atoms with Gasteiger partial charge in [-0.05, 0) is 12.8 Å². The van der Waals surface area contributed by atoms with Crippen LogP contribution in [0.15, 0.2) is 0 Å². The van der Waals surface area contributed by atoms with E-state index >= 15 is 0 Å². The molecule has 2 N–H and O–H groups in total. The molecule has 0 radical (unpaired) electrons. The van der Waals surface area contributed by atoms with Crippen LogP contribution in [0.4, 0.5) is 0 Å². The van der Waals surface area contributed by atoms with Crippen molar-refractivity contribution in [3.05, 3.63) is 0 Å². The third kappa shape index (κ3) is 6.62. The van der Waals surface area contributed by atoms with Crippen LogP contribution in [0.1, 0.15) is 70.6 Å². The first-order valence-electron chi connectivity index (χ1n) is 7.24. The maximum absolute atomic E-state index is 11.2. The smallest absolute Gasteiger partial charge is 0.394 e. The Labute approximate surface area is 109 Å². The summed E-state index contributed by atoms with van der Waals surface area (Å²) in [6, 6.07) is 0.0491. The molecule has 1 aliphatic carbocycles. The maximum atomic E-state index is 11.2. The van der Waals surface area contributed by atoms with Crippen LogP contribution in [0, 0.1) is 0 Å². The van der Waals surface area contributed by atoms with Gasteiger partial charge < -0.3 is 10.4 Å². The highest BCUT2D eigenvalue weighted by molar-refractivity contribution is 6.31. The summed E-state index contributed by atoms with van der Waals surface area (Å²) in [5, 5.41) is 11.2. The average molecular weight is 255 g/mol. The Balaban J connectivity index is 2.36. The molecule has 1 aliphatic rings. The van der Waals surface area contributed by atoms with E-state index in [-0.39, 0.29) is 6.04 Å². The Hall–Kier alpha value is -1.06. The van der Waals surface area contributed by atoms with Crippen LogP contribution in [0.25, 0.3) is 0 Å². The van der Waals surface area contributed by atoms with E-state index in [0.29, 0.717) is 0 Å². The SMILES string of the molecule is O=C(O)C(=O)NC1CCCCCCCCCCC1. The Bertz CT molecular complexity index is 254. The minimum Gasteiger partial charge on any atom is -0.474 e. The number of aliphatic carboxylic acids is 1. The molecule has 0 unspecified atom stereocenters. The summed E-state index contributed by atoms with van der Waals surface area (Å²) in [7, 11) is 0. The number of carboxylic acid groups (broad SMARTS) is 1. The van der Waals surface area contributed by atoms with E-state index in [1.54, 1.807) is 0 Å². The number of hydrogen-bond acceptors (Lipinski definition) is 2. The lowest BCUT2D eigenvalue weighted by Gasteiger charge is -2.18. The van der Waals surface area contributed by atoms with Gasteiger partial charge in [0.05, 0.1) is 0 Å². The Morgan fingerprint density at radius 1 is 0.778 bits per heavy atom. The fourth-order valence-electron chi connectivity index (χ4n) is 2.55. The van der Waals surface area contributed by atoms with E-state index < -0.39 is 11.9 Å². The molecule has 18 heavy (non-hydrogen) atoms. The van der Waals surface area contributed by atoms with Crippen molar-refractivity contribution in [2.24, 2.45) is 0 Å². The zero-order chi connectivity index (χ0) is 13.2. The first-order valence-corrected chi connectivity index (χ1v) is 7.24. The van der Waals surface area contributed by atoms with E-state index in [1.165, 1.54) is 44.9 Å². The first-order chi connectivity index (χ1) is 8.70. The third-order valence-electron chi connectivity index (χ3n) is 3.63. The fraction of sp³-hybridized carbons (Fsp3) is 0.857. The Morgan fingerprint density at radius 3 is 1.56 bits per heavy atom. The van der Waals surface area contributed by atoms with Gasteiger partial charge in [-0.25, -0.2) is 4.79 Å². The molecule has 1 amide bonds. The van der Waals surface area contributed by atoms with E-state index in [1.807, 2.05) is 0 Å². The molecule has 0 aliphatic heterocycles. The average Bonchev–Trinajstić information content (AvgIpc) is 2.32. The highest BCUT2D eigenvalue weighted by Crippen LogP contribution is 2.16. The molecule has 4 nitrogen and oxygen atoms in total. The zero-order valence-corrected chi connectivity index (χ0v) is 11.1. The van der Waals surface area contributed by atoms with Crippen LogP contribution < -0.4 is 5.32 Å². The number of carboxylic acids is 1. The summed E-state index contributed by atoms with van der Waals surface area (Å²) in [6.45, 7) is 0. The second-order valence-electron chi connectivity index (χ2n) is 5.23. The largest absolute Gasteiger partial charge is 0.474 e. The molecule has 0 atom stereocenters. The second kappa shape index (κ2) is 8.95. The quantitative estimate of drug-likeness (QED) is 0.708. The van der Waals surface area contributed by atoms with E-state index in [2.05, 4.69) is 5.32 Å². The highest BCUT2D eigenvalue weighted by Gasteiger charge is 2.17. The topological polar surface area (TPSA) is 66.4 Å². The van der Waals surface area contributed by atoms with E-state index in [0.717, 1.165) is 25.7 Å². The van der Waals surface area contributed by atoms with Crippen LogP contribution in [0.2, 0.25) is 0 Å². The van der Waals surface area contributed by atoms with Gasteiger partial charge in [0.15, 0.2) is 0 Å². The number of carbonyl (C=O) groups is 2. The zero-order valence-electron chi connectivity index (χ0n) is 11.1. The number of amides is 1. The van der Waals surface area contributed by atoms with Crippen LogP contribution >= 0.6 is 0 Å². The van der Waals surface area contributed by atoms with Crippen LogP contribution in [-0.4, -0.2) is 23.0 Å². The molecular weight excluding hydrogens is 230 g/mol. The molecule has 0 spiro atoms. The van der Waals surface area contributed by atoms with Crippen molar-refractivity contribution in [3.63, 3.8) is 0 Å². The van der Waals surface area contributed by atoms with Crippen LogP contribution in [0.3, 0.4) is 0 Å². The maximum Gasteiger partial charge on any atom is 0.394 e. The molecule has 1 rings (SSSR count). The molecule has 1 fully saturated rings. The summed E-state index contributed by atoms with van der Waals surface area (Å²) in [4.78, 5) is 21.7. The van der Waals surface area contributed by atoms with Gasteiger partial charge in [-0.2, -0.15) is 0 Å². The van der Waals surface area contributed by atoms with E-state index in [9.17, 15) is 9.59 Å². The highest BCUT2D eigenvalue weighted by atomic mass is 16.4. The van der Waals surface area contributed by atoms with Crippen molar-refractivity contribution < 1.29 is 14.7 Å². The molecule has 0 saturated heterocycles. The minimum absolute atomic E-state index is 0.0491. The van der Waals surface area contributed by atoms with Crippen molar-refractivity contribution in [3.8, 4) is 0 Å². The van der Waals surface area contributed by atoms with Gasteiger partial charge in [-0.1, -0.05) is 57.8 Å². The predicted molar refractivity (Wildman–Crippen MR) is 70.4 cm³/mol. The number of rotatable bonds is 1. The van der Waals surface area contributed by atoms with Crippen LogP contribution in [0.5, 0.6) is 0 Å². The first kappa shape index (κ1) is 15.0. The van der Waals surface area contributed by atoms with Crippen molar-refractivity contribution >= 4 is 11.9 Å². The van der Waals surface area contributed by atoms with Gasteiger partial charge in [-0.15, -0.1) is 0 Å². The number of hydrogen-bond donors (Lipinski definition) is 2. The van der Waals surface area contributed by atoms with Gasteiger partial charge in [-0.3, -0.25) is 4.79 Å². The second-order valence-corrected chi connectivity index (χ2v) is 5.23. The normalized spacial score (nSPS) is 20.4. The summed E-state index contributed by atoms with van der Waals surface area (Å²) in [5.41, 5.74) is 0. The van der Waals surface area contributed by atoms with Crippen molar-refractivity contribution in [1.29, 1.82) is 0 Å². The summed E-state index contributed by atoms with van der Waals surface area (Å²) in [5.74, 6) is -2.23. The number of carbonyl (C=O) groups excluding carboxylic acids is 1. The predicted octanol–water partition coefficient (Wildman–Crippen LogP) is 2.86. The molecule has 0 aromatic carbocycles. The molecule has 104 valence electrons. The van der Waals surface area contributed by atoms with Gasteiger partial charge >= 0.3 is 11.9 Å². The van der Waals surface area contributed by atoms with Gasteiger partial charge in [0.1, 0.15) is 0 Å².